The Morgan fingerprint density at radius 3 is 2.27 bits per heavy atom. The number of rotatable bonds is 2. The summed E-state index contributed by atoms with van der Waals surface area (Å²) in [6.07, 6.45) is 1.77. The maximum absolute atomic E-state index is 12.5. The van der Waals surface area contributed by atoms with E-state index >= 15 is 0 Å². The molecule has 1 spiro atoms. The Bertz CT molecular complexity index is 500. The molecule has 2 bridgehead atoms. The number of thioether (sulfide) groups is 2. The highest BCUT2D eigenvalue weighted by Crippen LogP contribution is 2.63. The van der Waals surface area contributed by atoms with Crippen LogP contribution in [0.25, 0.3) is 0 Å². The first-order valence-electron chi connectivity index (χ1n) is 7.50. The molecule has 22 heavy (non-hydrogen) atoms. The Kier molecular flexibility index (Phi) is 4.47. The highest BCUT2D eigenvalue weighted by atomic mass is 32.2. The SMILES string of the molecule is COC(=O)[C@H]1C[C@H]2C[C@@H](C[C@H](C(=O)OC)C23SCCS3)C1=O. The van der Waals surface area contributed by atoms with E-state index in [1.54, 1.807) is 0 Å². The van der Waals surface area contributed by atoms with Crippen LogP contribution in [0.5, 0.6) is 0 Å². The maximum atomic E-state index is 12.5. The smallest absolute Gasteiger partial charge is 0.316 e. The molecule has 0 radical (unpaired) electrons. The molecule has 0 amide bonds. The zero-order chi connectivity index (χ0) is 15.9. The zero-order valence-electron chi connectivity index (χ0n) is 12.7. The molecule has 0 unspecified atom stereocenters. The van der Waals surface area contributed by atoms with Crippen molar-refractivity contribution in [3.63, 3.8) is 0 Å². The molecule has 1 heterocycles. The lowest BCUT2D eigenvalue weighted by molar-refractivity contribution is -0.157. The maximum Gasteiger partial charge on any atom is 0.316 e. The molecule has 0 aromatic rings. The van der Waals surface area contributed by atoms with Gasteiger partial charge in [-0.3, -0.25) is 14.4 Å². The van der Waals surface area contributed by atoms with E-state index in [1.165, 1.54) is 14.2 Å². The highest BCUT2D eigenvalue weighted by molar-refractivity contribution is 8.21. The average Bonchev–Trinajstić information content (AvgIpc) is 3.02. The summed E-state index contributed by atoms with van der Waals surface area (Å²) >= 11 is 3.61. The Labute approximate surface area is 138 Å². The van der Waals surface area contributed by atoms with Crippen molar-refractivity contribution in [3.8, 4) is 0 Å². The molecule has 2 aliphatic carbocycles. The number of ether oxygens (including phenoxy) is 2. The zero-order valence-corrected chi connectivity index (χ0v) is 14.3. The van der Waals surface area contributed by atoms with Gasteiger partial charge in [-0.05, 0) is 25.2 Å². The van der Waals surface area contributed by atoms with E-state index in [2.05, 4.69) is 0 Å². The largest absolute Gasteiger partial charge is 0.469 e. The third kappa shape index (κ3) is 2.37. The molecular formula is C15H20O5S2. The van der Waals surface area contributed by atoms with E-state index in [0.717, 1.165) is 17.9 Å². The van der Waals surface area contributed by atoms with Gasteiger partial charge >= 0.3 is 11.9 Å². The van der Waals surface area contributed by atoms with Crippen molar-refractivity contribution in [1.29, 1.82) is 0 Å². The van der Waals surface area contributed by atoms with Crippen molar-refractivity contribution in [1.82, 2.24) is 0 Å². The van der Waals surface area contributed by atoms with Gasteiger partial charge in [0, 0.05) is 17.4 Å². The van der Waals surface area contributed by atoms with Crippen LogP contribution in [0.2, 0.25) is 0 Å². The van der Waals surface area contributed by atoms with E-state index in [1.807, 2.05) is 23.5 Å². The van der Waals surface area contributed by atoms with Crippen LogP contribution in [0.4, 0.5) is 0 Å². The summed E-state index contributed by atoms with van der Waals surface area (Å²) in [5.74, 6) is 0.313. The number of carbonyl (C=O) groups is 3. The van der Waals surface area contributed by atoms with Crippen molar-refractivity contribution < 1.29 is 23.9 Å². The lowest BCUT2D eigenvalue weighted by atomic mass is 9.63. The summed E-state index contributed by atoms with van der Waals surface area (Å²) in [7, 11) is 2.73. The fraction of sp³-hybridized carbons (Fsp3) is 0.800. The molecule has 0 N–H and O–H groups in total. The van der Waals surface area contributed by atoms with Crippen LogP contribution in [0.15, 0.2) is 0 Å². The number of esters is 2. The van der Waals surface area contributed by atoms with Gasteiger partial charge in [0.05, 0.1) is 24.2 Å². The second-order valence-electron chi connectivity index (χ2n) is 6.07. The number of Topliss-reactive ketones (excluding diaryl/α,β-unsaturated/α-hetero) is 1. The van der Waals surface area contributed by atoms with Gasteiger partial charge in [-0.1, -0.05) is 0 Å². The summed E-state index contributed by atoms with van der Waals surface area (Å²) in [5, 5.41) is 0. The highest BCUT2D eigenvalue weighted by Gasteiger charge is 2.60. The number of hydrogen-bond donors (Lipinski definition) is 0. The second kappa shape index (κ2) is 6.07. The lowest BCUT2D eigenvalue weighted by Crippen LogP contribution is -2.54. The van der Waals surface area contributed by atoms with Gasteiger partial charge in [0.25, 0.3) is 0 Å². The quantitative estimate of drug-likeness (QED) is 0.558. The molecule has 7 heteroatoms. The molecule has 122 valence electrons. The fourth-order valence-corrected chi connectivity index (χ4v) is 7.94. The Hall–Kier alpha value is -0.690. The first kappa shape index (κ1) is 16.2. The number of fused-ring (bicyclic) bond motifs is 3. The first-order chi connectivity index (χ1) is 10.5. The van der Waals surface area contributed by atoms with Gasteiger partial charge in [-0.15, -0.1) is 23.5 Å². The molecule has 3 rings (SSSR count). The lowest BCUT2D eigenvalue weighted by Gasteiger charge is -2.50. The molecule has 1 aliphatic heterocycles. The molecule has 4 atom stereocenters. The molecule has 1 saturated heterocycles. The number of ketones is 1. The van der Waals surface area contributed by atoms with E-state index in [9.17, 15) is 14.4 Å². The number of hydrogen-bond acceptors (Lipinski definition) is 7. The summed E-state index contributed by atoms with van der Waals surface area (Å²) < 4.78 is 9.57. The predicted molar refractivity (Wildman–Crippen MR) is 84.5 cm³/mol. The Balaban J connectivity index is 1.93. The summed E-state index contributed by atoms with van der Waals surface area (Å²) in [6, 6.07) is 0. The Morgan fingerprint density at radius 1 is 1.05 bits per heavy atom. The van der Waals surface area contributed by atoms with Gasteiger partial charge in [-0.25, -0.2) is 0 Å². The van der Waals surface area contributed by atoms with Gasteiger partial charge < -0.3 is 9.47 Å². The van der Waals surface area contributed by atoms with Crippen LogP contribution in [0.1, 0.15) is 19.3 Å². The van der Waals surface area contributed by atoms with Crippen LogP contribution in [0, 0.1) is 23.7 Å². The molecule has 0 aromatic carbocycles. The monoisotopic (exact) mass is 344 g/mol. The summed E-state index contributed by atoms with van der Waals surface area (Å²) in [5.41, 5.74) is 0. The number of carbonyl (C=O) groups excluding carboxylic acids is 3. The van der Waals surface area contributed by atoms with E-state index < -0.39 is 11.9 Å². The normalized spacial score (nSPS) is 36.2. The standard InChI is InChI=1S/C15H20O5S2/c1-19-13(17)10-7-9-5-8(12(10)16)6-11(14(18)20-2)15(9)21-3-4-22-15/h8-11H,3-7H2,1-2H3/t8-,9+,10-,11+/m0/s1. The molecule has 3 aliphatic rings. The van der Waals surface area contributed by atoms with Crippen LogP contribution in [-0.4, -0.2) is 47.5 Å². The van der Waals surface area contributed by atoms with Crippen molar-refractivity contribution in [2.45, 2.75) is 23.3 Å². The molecule has 0 aromatic heterocycles. The summed E-state index contributed by atoms with van der Waals surface area (Å²) in [4.78, 5) is 36.8. The van der Waals surface area contributed by atoms with Crippen molar-refractivity contribution in [3.05, 3.63) is 0 Å². The third-order valence-electron chi connectivity index (χ3n) is 5.12. The predicted octanol–water partition coefficient (Wildman–Crippen LogP) is 1.74. The third-order valence-corrected chi connectivity index (χ3v) is 9.04. The van der Waals surface area contributed by atoms with E-state index in [0.29, 0.717) is 12.8 Å². The van der Waals surface area contributed by atoms with Crippen molar-refractivity contribution >= 4 is 41.2 Å². The van der Waals surface area contributed by atoms with Crippen LogP contribution < -0.4 is 0 Å². The fourth-order valence-electron chi connectivity index (χ4n) is 4.15. The minimum atomic E-state index is -0.661. The van der Waals surface area contributed by atoms with E-state index in [-0.39, 0.29) is 33.6 Å². The minimum Gasteiger partial charge on any atom is -0.469 e. The van der Waals surface area contributed by atoms with Gasteiger partial charge in [0.1, 0.15) is 11.7 Å². The second-order valence-corrected chi connectivity index (χ2v) is 9.08. The van der Waals surface area contributed by atoms with Crippen molar-refractivity contribution in [2.75, 3.05) is 25.7 Å². The van der Waals surface area contributed by atoms with Crippen LogP contribution >= 0.6 is 23.5 Å². The van der Waals surface area contributed by atoms with Crippen LogP contribution in [-0.2, 0) is 23.9 Å². The van der Waals surface area contributed by atoms with Crippen molar-refractivity contribution in [2.24, 2.45) is 23.7 Å². The topological polar surface area (TPSA) is 69.7 Å². The van der Waals surface area contributed by atoms with Crippen LogP contribution in [0.3, 0.4) is 0 Å². The first-order valence-corrected chi connectivity index (χ1v) is 9.48. The van der Waals surface area contributed by atoms with Gasteiger partial charge in [0.2, 0.25) is 0 Å². The van der Waals surface area contributed by atoms with Gasteiger partial charge in [0.15, 0.2) is 0 Å². The molecule has 5 nitrogen and oxygen atoms in total. The van der Waals surface area contributed by atoms with Gasteiger partial charge in [-0.2, -0.15) is 0 Å². The molecule has 3 fully saturated rings. The number of methoxy groups -OCH3 is 2. The molecular weight excluding hydrogens is 324 g/mol. The Morgan fingerprint density at radius 2 is 1.68 bits per heavy atom. The van der Waals surface area contributed by atoms with E-state index in [4.69, 9.17) is 9.47 Å². The molecule has 2 saturated carbocycles. The minimum absolute atomic E-state index is 0.0557. The average molecular weight is 344 g/mol. The summed E-state index contributed by atoms with van der Waals surface area (Å²) in [6.45, 7) is 0.